The summed E-state index contributed by atoms with van der Waals surface area (Å²) in [6, 6.07) is 12.4. The average Bonchev–Trinajstić information content (AvgIpc) is 2.60. The van der Waals surface area contributed by atoms with Crippen molar-refractivity contribution < 1.29 is 14.3 Å². The normalized spacial score (nSPS) is 10.5. The minimum Gasteiger partial charge on any atom is -0.489 e. The van der Waals surface area contributed by atoms with Gasteiger partial charge in [-0.25, -0.2) is 5.43 Å². The number of hydrogen-bond acceptors (Lipinski definition) is 4. The fraction of sp³-hybridized carbons (Fsp3) is 0.111. The first kappa shape index (κ1) is 19.0. The van der Waals surface area contributed by atoms with Gasteiger partial charge in [0.1, 0.15) is 18.1 Å². The molecule has 0 saturated heterocycles. The molecule has 0 radical (unpaired) electrons. The molecule has 2 aromatic carbocycles. The van der Waals surface area contributed by atoms with Crippen molar-refractivity contribution in [1.82, 2.24) is 5.43 Å². The predicted molar refractivity (Wildman–Crippen MR) is 103 cm³/mol. The van der Waals surface area contributed by atoms with Crippen LogP contribution in [0.3, 0.4) is 0 Å². The molecule has 0 aromatic heterocycles. The summed E-state index contributed by atoms with van der Waals surface area (Å²) in [5, 5.41) is 4.36. The molecule has 1 N–H and O–H groups in total. The molecule has 0 bridgehead atoms. The average molecular weight is 424 g/mol. The monoisotopic (exact) mass is 422 g/mol. The van der Waals surface area contributed by atoms with E-state index in [1.165, 1.54) is 6.21 Å². The lowest BCUT2D eigenvalue weighted by Gasteiger charge is -2.08. The van der Waals surface area contributed by atoms with Crippen LogP contribution >= 0.6 is 27.5 Å². The highest BCUT2D eigenvalue weighted by Gasteiger charge is 2.05. The van der Waals surface area contributed by atoms with E-state index in [0.29, 0.717) is 28.7 Å². The van der Waals surface area contributed by atoms with E-state index in [0.717, 1.165) is 4.47 Å². The zero-order chi connectivity index (χ0) is 18.1. The molecule has 7 heteroatoms. The van der Waals surface area contributed by atoms with Crippen molar-refractivity contribution in [1.29, 1.82) is 0 Å². The van der Waals surface area contributed by atoms with Gasteiger partial charge in [-0.05, 0) is 30.3 Å². The fourth-order valence-corrected chi connectivity index (χ4v) is 2.38. The molecule has 0 aliphatic heterocycles. The highest BCUT2D eigenvalue weighted by Crippen LogP contribution is 2.23. The maximum Gasteiger partial charge on any atom is 0.277 e. The van der Waals surface area contributed by atoms with Crippen LogP contribution in [-0.2, 0) is 4.79 Å². The zero-order valence-corrected chi connectivity index (χ0v) is 15.6. The first-order valence-electron chi connectivity index (χ1n) is 7.32. The lowest BCUT2D eigenvalue weighted by Crippen LogP contribution is -2.24. The van der Waals surface area contributed by atoms with Crippen molar-refractivity contribution in [2.45, 2.75) is 0 Å². The molecule has 2 rings (SSSR count). The molecule has 0 atom stereocenters. The van der Waals surface area contributed by atoms with Crippen molar-refractivity contribution in [3.05, 3.63) is 70.2 Å². The topological polar surface area (TPSA) is 59.9 Å². The summed E-state index contributed by atoms with van der Waals surface area (Å²) in [7, 11) is 0. The van der Waals surface area contributed by atoms with Crippen molar-refractivity contribution in [2.75, 3.05) is 13.2 Å². The Morgan fingerprint density at radius 1 is 1.24 bits per heavy atom. The van der Waals surface area contributed by atoms with E-state index in [1.807, 2.05) is 12.1 Å². The lowest BCUT2D eigenvalue weighted by atomic mass is 10.2. The van der Waals surface area contributed by atoms with E-state index in [4.69, 9.17) is 21.1 Å². The smallest absolute Gasteiger partial charge is 0.277 e. The van der Waals surface area contributed by atoms with Crippen LogP contribution in [0.1, 0.15) is 5.56 Å². The summed E-state index contributed by atoms with van der Waals surface area (Å²) in [4.78, 5) is 11.8. The number of hydrazone groups is 1. The molecule has 0 aliphatic carbocycles. The Morgan fingerprint density at radius 3 is 2.80 bits per heavy atom. The van der Waals surface area contributed by atoms with Crippen LogP contribution in [0.4, 0.5) is 0 Å². The summed E-state index contributed by atoms with van der Waals surface area (Å²) < 4.78 is 11.7. The number of carbonyl (C=O) groups is 1. The van der Waals surface area contributed by atoms with Gasteiger partial charge in [0.2, 0.25) is 0 Å². The van der Waals surface area contributed by atoms with Gasteiger partial charge in [-0.1, -0.05) is 52.3 Å². The van der Waals surface area contributed by atoms with Gasteiger partial charge < -0.3 is 9.47 Å². The summed E-state index contributed by atoms with van der Waals surface area (Å²) >= 11 is 9.34. The molecular formula is C18H16BrClN2O3. The Hall–Kier alpha value is -2.31. The Labute approximate surface area is 159 Å². The minimum absolute atomic E-state index is 0.195. The number of carbonyl (C=O) groups excluding carboxylic acids is 1. The summed E-state index contributed by atoms with van der Waals surface area (Å²) in [5.41, 5.74) is 3.11. The standard InChI is InChI=1S/C18H16BrClN2O3/c1-2-9-24-16-8-7-14(19)10-13(16)11-21-22-18(23)12-25-17-6-4-3-5-15(17)20/h2-8,10-11H,1,9,12H2,(H,22,23)/b21-11-. The maximum absolute atomic E-state index is 11.8. The van der Waals surface area contributed by atoms with Crippen LogP contribution in [0.15, 0.2) is 64.7 Å². The van der Waals surface area contributed by atoms with Crippen molar-refractivity contribution in [3.63, 3.8) is 0 Å². The summed E-state index contributed by atoms with van der Waals surface area (Å²) in [6.07, 6.45) is 3.15. The minimum atomic E-state index is -0.403. The van der Waals surface area contributed by atoms with Gasteiger partial charge in [0.05, 0.1) is 11.2 Å². The first-order chi connectivity index (χ1) is 12.1. The van der Waals surface area contributed by atoms with Gasteiger partial charge in [-0.15, -0.1) is 0 Å². The number of hydrogen-bond donors (Lipinski definition) is 1. The third-order valence-electron chi connectivity index (χ3n) is 2.92. The molecule has 0 heterocycles. The number of nitrogens with one attached hydrogen (secondary N) is 1. The second-order valence-corrected chi connectivity index (χ2v) is 6.12. The summed E-state index contributed by atoms with van der Waals surface area (Å²) in [5.74, 6) is 0.670. The molecule has 2 aromatic rings. The zero-order valence-electron chi connectivity index (χ0n) is 13.2. The van der Waals surface area contributed by atoms with Gasteiger partial charge in [0.25, 0.3) is 5.91 Å². The Morgan fingerprint density at radius 2 is 2.04 bits per heavy atom. The predicted octanol–water partition coefficient (Wildman–Crippen LogP) is 4.20. The molecule has 0 saturated carbocycles. The van der Waals surface area contributed by atoms with E-state index < -0.39 is 5.91 Å². The fourth-order valence-electron chi connectivity index (χ4n) is 1.81. The SMILES string of the molecule is C=CCOc1ccc(Br)cc1/C=N\NC(=O)COc1ccccc1Cl. The van der Waals surface area contributed by atoms with E-state index >= 15 is 0 Å². The van der Waals surface area contributed by atoms with Crippen molar-refractivity contribution >= 4 is 39.7 Å². The molecular weight excluding hydrogens is 408 g/mol. The molecule has 5 nitrogen and oxygen atoms in total. The molecule has 0 fully saturated rings. The van der Waals surface area contributed by atoms with Gasteiger partial charge in [-0.2, -0.15) is 5.10 Å². The molecule has 25 heavy (non-hydrogen) atoms. The van der Waals surface area contributed by atoms with E-state index in [2.05, 4.69) is 33.0 Å². The van der Waals surface area contributed by atoms with E-state index in [-0.39, 0.29) is 6.61 Å². The Balaban J connectivity index is 1.91. The van der Waals surface area contributed by atoms with Crippen LogP contribution in [0.5, 0.6) is 11.5 Å². The lowest BCUT2D eigenvalue weighted by molar-refractivity contribution is -0.123. The Bertz CT molecular complexity index is 781. The van der Waals surface area contributed by atoms with Crippen LogP contribution in [-0.4, -0.2) is 25.3 Å². The number of benzene rings is 2. The Kier molecular flexibility index (Phi) is 7.50. The molecule has 0 spiro atoms. The second-order valence-electron chi connectivity index (χ2n) is 4.79. The number of amides is 1. The number of rotatable bonds is 8. The van der Waals surface area contributed by atoms with Crippen molar-refractivity contribution in [3.8, 4) is 11.5 Å². The number of halogens is 2. The quantitative estimate of drug-likeness (QED) is 0.393. The van der Waals surface area contributed by atoms with Crippen LogP contribution in [0, 0.1) is 0 Å². The summed E-state index contributed by atoms with van der Waals surface area (Å²) in [6.45, 7) is 3.79. The molecule has 0 unspecified atom stereocenters. The van der Waals surface area contributed by atoms with E-state index in [9.17, 15) is 4.79 Å². The number of ether oxygens (including phenoxy) is 2. The highest BCUT2D eigenvalue weighted by molar-refractivity contribution is 9.10. The number of nitrogens with zero attached hydrogens (tertiary/aromatic N) is 1. The maximum atomic E-state index is 11.8. The van der Waals surface area contributed by atoms with Crippen LogP contribution in [0.25, 0.3) is 0 Å². The van der Waals surface area contributed by atoms with E-state index in [1.54, 1.807) is 36.4 Å². The highest BCUT2D eigenvalue weighted by atomic mass is 79.9. The molecule has 1 amide bonds. The second kappa shape index (κ2) is 9.86. The third kappa shape index (κ3) is 6.25. The van der Waals surface area contributed by atoms with Crippen LogP contribution < -0.4 is 14.9 Å². The van der Waals surface area contributed by atoms with Gasteiger partial charge in [0, 0.05) is 10.0 Å². The van der Waals surface area contributed by atoms with Gasteiger partial charge in [0.15, 0.2) is 6.61 Å². The van der Waals surface area contributed by atoms with Gasteiger partial charge >= 0.3 is 0 Å². The largest absolute Gasteiger partial charge is 0.489 e. The molecule has 0 aliphatic rings. The van der Waals surface area contributed by atoms with Crippen LogP contribution in [0.2, 0.25) is 5.02 Å². The van der Waals surface area contributed by atoms with Crippen molar-refractivity contribution in [2.24, 2.45) is 5.10 Å². The number of para-hydroxylation sites is 1. The van der Waals surface area contributed by atoms with Gasteiger partial charge in [-0.3, -0.25) is 4.79 Å². The first-order valence-corrected chi connectivity index (χ1v) is 8.49. The third-order valence-corrected chi connectivity index (χ3v) is 3.72. The molecule has 130 valence electrons.